The molecule has 42 heavy (non-hydrogen) atoms. The van der Waals surface area contributed by atoms with Crippen molar-refractivity contribution in [2.75, 3.05) is 56.6 Å². The number of benzene rings is 2. The topological polar surface area (TPSA) is 143 Å². The fourth-order valence-electron chi connectivity index (χ4n) is 4.19. The van der Waals surface area contributed by atoms with Crippen LogP contribution in [0.1, 0.15) is 32.8 Å². The van der Waals surface area contributed by atoms with E-state index in [-0.39, 0.29) is 52.5 Å². The minimum atomic E-state index is -4.14. The SMILES string of the molecule is COc1ccccc1Oc1c(NS(=O)(=O)c2ccc(C(C)(C)C)cc2)nc(N2CCN(C)CC2)nc1OCCC(=O)O. The zero-order chi connectivity index (χ0) is 30.5. The highest BCUT2D eigenvalue weighted by molar-refractivity contribution is 7.92. The summed E-state index contributed by atoms with van der Waals surface area (Å²) < 4.78 is 47.2. The first-order valence-corrected chi connectivity index (χ1v) is 15.0. The Labute approximate surface area is 246 Å². The number of carboxylic acid groups (broad SMARTS) is 1. The maximum absolute atomic E-state index is 13.6. The first-order valence-electron chi connectivity index (χ1n) is 13.5. The third-order valence-corrected chi connectivity index (χ3v) is 8.06. The van der Waals surface area contributed by atoms with E-state index in [2.05, 4.69) is 19.6 Å². The number of nitrogens with zero attached hydrogens (tertiary/aromatic N) is 4. The lowest BCUT2D eigenvalue weighted by molar-refractivity contribution is -0.137. The maximum atomic E-state index is 13.6. The Kier molecular flexibility index (Phi) is 9.42. The minimum Gasteiger partial charge on any atom is -0.493 e. The summed E-state index contributed by atoms with van der Waals surface area (Å²) in [5.74, 6) is -0.589. The summed E-state index contributed by atoms with van der Waals surface area (Å²) in [7, 11) is -0.657. The average Bonchev–Trinajstić information content (AvgIpc) is 2.94. The molecule has 0 bridgehead atoms. The molecule has 13 heteroatoms. The number of hydrogen-bond acceptors (Lipinski definition) is 10. The number of aromatic nitrogens is 2. The van der Waals surface area contributed by atoms with Crippen LogP contribution in [-0.2, 0) is 20.2 Å². The Morgan fingerprint density at radius 2 is 1.64 bits per heavy atom. The van der Waals surface area contributed by atoms with E-state index >= 15 is 0 Å². The van der Waals surface area contributed by atoms with Crippen LogP contribution in [0.4, 0.5) is 11.8 Å². The summed E-state index contributed by atoms with van der Waals surface area (Å²) in [6.45, 7) is 8.60. The number of methoxy groups -OCH3 is 1. The summed E-state index contributed by atoms with van der Waals surface area (Å²) in [6.07, 6.45) is -0.302. The van der Waals surface area contributed by atoms with E-state index < -0.39 is 16.0 Å². The van der Waals surface area contributed by atoms with Crippen molar-refractivity contribution in [3.8, 4) is 23.1 Å². The van der Waals surface area contributed by atoms with E-state index in [4.69, 9.17) is 14.2 Å². The van der Waals surface area contributed by atoms with E-state index in [1.807, 2.05) is 32.7 Å². The van der Waals surface area contributed by atoms with Gasteiger partial charge in [-0.05, 0) is 42.3 Å². The van der Waals surface area contributed by atoms with Gasteiger partial charge >= 0.3 is 5.97 Å². The number of anilines is 2. The molecular formula is C29H37N5O7S. The molecule has 2 heterocycles. The quantitative estimate of drug-likeness (QED) is 0.330. The fourth-order valence-corrected chi connectivity index (χ4v) is 5.20. The van der Waals surface area contributed by atoms with Crippen LogP contribution in [0.25, 0.3) is 0 Å². The Balaban J connectivity index is 1.81. The molecular weight excluding hydrogens is 562 g/mol. The third kappa shape index (κ3) is 7.59. The molecule has 0 saturated carbocycles. The van der Waals surface area contributed by atoms with Crippen LogP contribution in [0.2, 0.25) is 0 Å². The number of para-hydroxylation sites is 2. The number of likely N-dealkylation sites (N-methyl/N-ethyl adjacent to an activating group) is 1. The molecule has 1 aromatic heterocycles. The van der Waals surface area contributed by atoms with Crippen LogP contribution in [0.15, 0.2) is 53.4 Å². The lowest BCUT2D eigenvalue weighted by Crippen LogP contribution is -2.45. The summed E-state index contributed by atoms with van der Waals surface area (Å²) >= 11 is 0. The lowest BCUT2D eigenvalue weighted by Gasteiger charge is -2.32. The van der Waals surface area contributed by atoms with Gasteiger partial charge in [-0.1, -0.05) is 45.0 Å². The molecule has 1 aliphatic rings. The summed E-state index contributed by atoms with van der Waals surface area (Å²) in [4.78, 5) is 24.5. The molecule has 0 amide bonds. The predicted molar refractivity (Wildman–Crippen MR) is 159 cm³/mol. The van der Waals surface area contributed by atoms with Gasteiger partial charge in [-0.15, -0.1) is 0 Å². The third-order valence-electron chi connectivity index (χ3n) is 6.71. The van der Waals surface area contributed by atoms with E-state index in [9.17, 15) is 18.3 Å². The normalized spacial score (nSPS) is 14.4. The number of ether oxygens (including phenoxy) is 3. The highest BCUT2D eigenvalue weighted by Crippen LogP contribution is 2.41. The van der Waals surface area contributed by atoms with Crippen molar-refractivity contribution in [3.63, 3.8) is 0 Å². The van der Waals surface area contributed by atoms with Gasteiger partial charge in [-0.3, -0.25) is 9.52 Å². The van der Waals surface area contributed by atoms with Gasteiger partial charge in [0, 0.05) is 26.2 Å². The van der Waals surface area contributed by atoms with Gasteiger partial charge in [0.2, 0.25) is 11.7 Å². The van der Waals surface area contributed by atoms with Crippen LogP contribution in [0.3, 0.4) is 0 Å². The van der Waals surface area contributed by atoms with Crippen LogP contribution >= 0.6 is 0 Å². The summed E-state index contributed by atoms with van der Waals surface area (Å²) in [5, 5.41) is 9.19. The predicted octanol–water partition coefficient (Wildman–Crippen LogP) is 3.98. The van der Waals surface area contributed by atoms with E-state index in [0.29, 0.717) is 18.8 Å². The lowest BCUT2D eigenvalue weighted by atomic mass is 9.87. The Morgan fingerprint density at radius 3 is 2.24 bits per heavy atom. The van der Waals surface area contributed by atoms with Gasteiger partial charge in [-0.2, -0.15) is 9.97 Å². The van der Waals surface area contributed by atoms with Gasteiger partial charge in [0.25, 0.3) is 15.9 Å². The molecule has 3 aromatic rings. The van der Waals surface area contributed by atoms with Crippen molar-refractivity contribution in [2.45, 2.75) is 37.5 Å². The summed E-state index contributed by atoms with van der Waals surface area (Å²) in [6, 6.07) is 13.4. The van der Waals surface area contributed by atoms with Gasteiger partial charge in [-0.25, -0.2) is 8.42 Å². The van der Waals surface area contributed by atoms with Crippen molar-refractivity contribution in [1.82, 2.24) is 14.9 Å². The van der Waals surface area contributed by atoms with Crippen molar-refractivity contribution >= 4 is 27.8 Å². The standard InChI is InChI=1S/C29H37N5O7S/c1-29(2,3)20-10-12-21(13-11-20)42(37,38)32-26-25(41-23-9-7-6-8-22(23)39-5)27(40-19-14-24(35)36)31-28(30-26)34-17-15-33(4)16-18-34/h6-13H,14-19H2,1-5H3,(H,35,36)(H,30,31,32). The van der Waals surface area contributed by atoms with E-state index in [1.54, 1.807) is 36.4 Å². The first kappa shape index (κ1) is 30.8. The number of hydrogen-bond donors (Lipinski definition) is 2. The zero-order valence-corrected chi connectivity index (χ0v) is 25.3. The number of piperazine rings is 1. The van der Waals surface area contributed by atoms with Crippen molar-refractivity contribution in [2.24, 2.45) is 0 Å². The second kappa shape index (κ2) is 12.8. The highest BCUT2D eigenvalue weighted by atomic mass is 32.2. The van der Waals surface area contributed by atoms with Crippen LogP contribution in [0, 0.1) is 0 Å². The van der Waals surface area contributed by atoms with Gasteiger partial charge in [0.15, 0.2) is 17.3 Å². The van der Waals surface area contributed by atoms with Gasteiger partial charge in [0.1, 0.15) is 6.61 Å². The second-order valence-electron chi connectivity index (χ2n) is 10.9. The van der Waals surface area contributed by atoms with Crippen molar-refractivity contribution < 1.29 is 32.5 Å². The number of sulfonamides is 1. The van der Waals surface area contributed by atoms with Crippen molar-refractivity contribution in [3.05, 3.63) is 54.1 Å². The van der Waals surface area contributed by atoms with Crippen LogP contribution < -0.4 is 23.8 Å². The van der Waals surface area contributed by atoms with E-state index in [1.165, 1.54) is 19.2 Å². The number of rotatable bonds is 11. The number of carbonyl (C=O) groups is 1. The molecule has 2 N–H and O–H groups in total. The molecule has 226 valence electrons. The van der Waals surface area contributed by atoms with Gasteiger partial charge in [0.05, 0.1) is 18.4 Å². The average molecular weight is 600 g/mol. The smallest absolute Gasteiger partial charge is 0.306 e. The maximum Gasteiger partial charge on any atom is 0.306 e. The molecule has 0 spiro atoms. The highest BCUT2D eigenvalue weighted by Gasteiger charge is 2.28. The number of aliphatic carboxylic acids is 1. The molecule has 0 aliphatic carbocycles. The molecule has 2 aromatic carbocycles. The molecule has 1 fully saturated rings. The van der Waals surface area contributed by atoms with Crippen LogP contribution in [-0.4, -0.2) is 81.3 Å². The summed E-state index contributed by atoms with van der Waals surface area (Å²) in [5.41, 5.74) is 0.827. The second-order valence-corrected chi connectivity index (χ2v) is 12.6. The molecule has 0 unspecified atom stereocenters. The molecule has 1 aliphatic heterocycles. The van der Waals surface area contributed by atoms with Crippen LogP contribution in [0.5, 0.6) is 23.1 Å². The van der Waals surface area contributed by atoms with E-state index in [0.717, 1.165) is 18.7 Å². The molecule has 4 rings (SSSR count). The Hall–Kier alpha value is -4.10. The molecule has 12 nitrogen and oxygen atoms in total. The molecule has 1 saturated heterocycles. The fraction of sp³-hybridized carbons (Fsp3) is 0.414. The van der Waals surface area contributed by atoms with Crippen molar-refractivity contribution in [1.29, 1.82) is 0 Å². The first-order chi connectivity index (χ1) is 19.9. The zero-order valence-electron chi connectivity index (χ0n) is 24.5. The molecule has 0 atom stereocenters. The monoisotopic (exact) mass is 599 g/mol. The molecule has 0 radical (unpaired) electrons. The Morgan fingerprint density at radius 1 is 1.00 bits per heavy atom. The number of carboxylic acids is 1. The Bertz CT molecular complexity index is 1500. The number of nitrogens with one attached hydrogen (secondary N) is 1. The minimum absolute atomic E-state index is 0.0341. The largest absolute Gasteiger partial charge is 0.493 e. The van der Waals surface area contributed by atoms with Gasteiger partial charge < -0.3 is 29.1 Å².